The molecule has 2 aromatic rings. The summed E-state index contributed by atoms with van der Waals surface area (Å²) in [5, 5.41) is 4.64. The number of thioether (sulfide) groups is 1. The van der Waals surface area contributed by atoms with E-state index >= 15 is 0 Å². The Bertz CT molecular complexity index is 567. The second kappa shape index (κ2) is 7.02. The molecule has 0 aliphatic rings. The Kier molecular flexibility index (Phi) is 5.34. The second-order valence-electron chi connectivity index (χ2n) is 4.33. The number of benzene rings is 1. The summed E-state index contributed by atoms with van der Waals surface area (Å²) in [6.07, 6.45) is 0. The minimum Gasteiger partial charge on any atom is -0.398 e. The maximum atomic E-state index is 12.1. The molecule has 0 aliphatic heterocycles. The number of nitrogen functional groups attached to an aromatic ring is 1. The number of rotatable bonds is 5. The first kappa shape index (κ1) is 15.2. The van der Waals surface area contributed by atoms with Gasteiger partial charge in [0.2, 0.25) is 5.91 Å². The number of nitrogens with two attached hydrogens (primary N) is 1. The Morgan fingerprint density at radius 2 is 2.25 bits per heavy atom. The molecule has 2 rings (SSSR count). The fourth-order valence-electron chi connectivity index (χ4n) is 1.67. The lowest BCUT2D eigenvalue weighted by atomic mass is 10.3. The van der Waals surface area contributed by atoms with Gasteiger partial charge in [-0.1, -0.05) is 17.7 Å². The highest BCUT2D eigenvalue weighted by Crippen LogP contribution is 2.32. The van der Waals surface area contributed by atoms with Gasteiger partial charge >= 0.3 is 0 Å². The molecular weight excluding hydrogens is 312 g/mol. The van der Waals surface area contributed by atoms with Crippen molar-refractivity contribution in [2.45, 2.75) is 11.4 Å². The highest BCUT2D eigenvalue weighted by Gasteiger charge is 2.12. The van der Waals surface area contributed by atoms with Crippen molar-refractivity contribution >= 4 is 46.3 Å². The first-order chi connectivity index (χ1) is 9.58. The summed E-state index contributed by atoms with van der Waals surface area (Å²) in [5.74, 6) is 0.384. The van der Waals surface area contributed by atoms with Gasteiger partial charge in [0.1, 0.15) is 0 Å². The Morgan fingerprint density at radius 1 is 1.45 bits per heavy atom. The van der Waals surface area contributed by atoms with E-state index in [-0.39, 0.29) is 5.91 Å². The van der Waals surface area contributed by atoms with Crippen LogP contribution in [0.1, 0.15) is 5.56 Å². The molecule has 3 nitrogen and oxygen atoms in total. The molecule has 0 spiro atoms. The number of thiophene rings is 1. The average Bonchev–Trinajstić information content (AvgIpc) is 2.90. The normalized spacial score (nSPS) is 10.5. The lowest BCUT2D eigenvalue weighted by molar-refractivity contribution is -0.127. The zero-order valence-corrected chi connectivity index (χ0v) is 13.4. The van der Waals surface area contributed by atoms with E-state index in [1.165, 1.54) is 11.8 Å². The fraction of sp³-hybridized carbons (Fsp3) is 0.214. The van der Waals surface area contributed by atoms with E-state index < -0.39 is 0 Å². The minimum atomic E-state index is 0.0560. The average molecular weight is 327 g/mol. The van der Waals surface area contributed by atoms with Crippen molar-refractivity contribution < 1.29 is 4.79 Å². The molecule has 1 heterocycles. The molecule has 0 bridgehead atoms. The molecule has 0 saturated carbocycles. The van der Waals surface area contributed by atoms with Crippen molar-refractivity contribution in [1.29, 1.82) is 0 Å². The Hall–Kier alpha value is -1.17. The third-order valence-corrected chi connectivity index (χ3v) is 5.06. The summed E-state index contributed by atoms with van der Waals surface area (Å²) in [5.41, 5.74) is 7.62. The summed E-state index contributed by atoms with van der Waals surface area (Å²) in [6.45, 7) is 0.626. The molecule has 1 aromatic carbocycles. The van der Waals surface area contributed by atoms with Crippen molar-refractivity contribution in [1.82, 2.24) is 4.90 Å². The number of hydrogen-bond acceptors (Lipinski definition) is 4. The van der Waals surface area contributed by atoms with Crippen LogP contribution in [0.5, 0.6) is 0 Å². The number of carbonyl (C=O) groups excluding carboxylic acids is 1. The van der Waals surface area contributed by atoms with Crippen molar-refractivity contribution in [2.24, 2.45) is 0 Å². The monoisotopic (exact) mass is 326 g/mol. The van der Waals surface area contributed by atoms with Crippen LogP contribution in [0.2, 0.25) is 5.02 Å². The van der Waals surface area contributed by atoms with Crippen LogP contribution in [-0.2, 0) is 11.3 Å². The molecule has 106 valence electrons. The van der Waals surface area contributed by atoms with E-state index in [2.05, 4.69) is 0 Å². The van der Waals surface area contributed by atoms with Gasteiger partial charge in [0.25, 0.3) is 0 Å². The molecule has 0 aliphatic carbocycles. The molecule has 1 aromatic heterocycles. The van der Waals surface area contributed by atoms with Crippen LogP contribution in [0.4, 0.5) is 5.69 Å². The minimum absolute atomic E-state index is 0.0560. The van der Waals surface area contributed by atoms with E-state index in [1.807, 2.05) is 16.8 Å². The summed E-state index contributed by atoms with van der Waals surface area (Å²) in [4.78, 5) is 14.6. The third-order valence-electron chi connectivity index (χ3n) is 2.76. The summed E-state index contributed by atoms with van der Waals surface area (Å²) in [6, 6.07) is 7.38. The van der Waals surface area contributed by atoms with Gasteiger partial charge in [-0.05, 0) is 34.5 Å². The van der Waals surface area contributed by atoms with E-state index in [1.54, 1.807) is 41.5 Å². The van der Waals surface area contributed by atoms with Crippen molar-refractivity contribution in [3.8, 4) is 0 Å². The smallest absolute Gasteiger partial charge is 0.232 e. The molecule has 6 heteroatoms. The molecule has 0 fully saturated rings. The summed E-state index contributed by atoms with van der Waals surface area (Å²) in [7, 11) is 1.80. The Morgan fingerprint density at radius 3 is 2.90 bits per heavy atom. The maximum absolute atomic E-state index is 12.1. The van der Waals surface area contributed by atoms with Crippen molar-refractivity contribution in [3.05, 3.63) is 45.6 Å². The van der Waals surface area contributed by atoms with Gasteiger partial charge in [-0.15, -0.1) is 11.8 Å². The lowest BCUT2D eigenvalue weighted by Gasteiger charge is -2.16. The largest absolute Gasteiger partial charge is 0.398 e. The number of halogens is 1. The lowest BCUT2D eigenvalue weighted by Crippen LogP contribution is -2.27. The van der Waals surface area contributed by atoms with Gasteiger partial charge in [-0.25, -0.2) is 0 Å². The number of carbonyl (C=O) groups is 1. The van der Waals surface area contributed by atoms with Crippen molar-refractivity contribution in [2.75, 3.05) is 18.5 Å². The first-order valence-electron chi connectivity index (χ1n) is 5.99. The molecular formula is C14H15ClN2OS2. The first-order valence-corrected chi connectivity index (χ1v) is 8.30. The maximum Gasteiger partial charge on any atom is 0.232 e. The Labute approximate surface area is 131 Å². The fourth-order valence-corrected chi connectivity index (χ4v) is 3.60. The second-order valence-corrected chi connectivity index (χ2v) is 6.50. The zero-order chi connectivity index (χ0) is 14.5. The van der Waals surface area contributed by atoms with Crippen molar-refractivity contribution in [3.63, 3.8) is 0 Å². The number of nitrogens with zero attached hydrogens (tertiary/aromatic N) is 1. The summed E-state index contributed by atoms with van der Waals surface area (Å²) >= 11 is 9.09. The molecule has 2 N–H and O–H groups in total. The predicted octanol–water partition coefficient (Wildman–Crippen LogP) is 3.73. The number of hydrogen-bond donors (Lipinski definition) is 1. The zero-order valence-electron chi connectivity index (χ0n) is 11.0. The third kappa shape index (κ3) is 3.91. The van der Waals surface area contributed by atoms with Crippen LogP contribution in [-0.4, -0.2) is 23.6 Å². The molecule has 0 radical (unpaired) electrons. The highest BCUT2D eigenvalue weighted by molar-refractivity contribution is 8.00. The molecule has 20 heavy (non-hydrogen) atoms. The van der Waals surface area contributed by atoms with Gasteiger partial charge in [0.05, 0.1) is 10.8 Å². The summed E-state index contributed by atoms with van der Waals surface area (Å²) < 4.78 is 0. The topological polar surface area (TPSA) is 46.3 Å². The van der Waals surface area contributed by atoms with E-state index in [0.717, 1.165) is 10.5 Å². The van der Waals surface area contributed by atoms with Gasteiger partial charge in [0.15, 0.2) is 0 Å². The number of amides is 1. The van der Waals surface area contributed by atoms with Crippen LogP contribution in [0.25, 0.3) is 0 Å². The van der Waals surface area contributed by atoms with Gasteiger partial charge in [0, 0.05) is 24.2 Å². The number of anilines is 1. The van der Waals surface area contributed by atoms with Gasteiger partial charge < -0.3 is 10.6 Å². The quantitative estimate of drug-likeness (QED) is 0.672. The molecule has 0 atom stereocenters. The van der Waals surface area contributed by atoms with Gasteiger partial charge in [-0.2, -0.15) is 11.3 Å². The van der Waals surface area contributed by atoms with Crippen LogP contribution >= 0.6 is 34.7 Å². The van der Waals surface area contributed by atoms with E-state index in [4.69, 9.17) is 17.3 Å². The van der Waals surface area contributed by atoms with Crippen LogP contribution in [0.3, 0.4) is 0 Å². The predicted molar refractivity (Wildman–Crippen MR) is 87.4 cm³/mol. The van der Waals surface area contributed by atoms with Crippen LogP contribution in [0.15, 0.2) is 39.9 Å². The molecule has 1 amide bonds. The SMILES string of the molecule is CN(Cc1ccsc1)C(=O)CSc1c(N)cccc1Cl. The van der Waals surface area contributed by atoms with E-state index in [0.29, 0.717) is 23.0 Å². The Balaban J connectivity index is 1.91. The van der Waals surface area contributed by atoms with Crippen LogP contribution < -0.4 is 5.73 Å². The highest BCUT2D eigenvalue weighted by atomic mass is 35.5. The standard InChI is InChI=1S/C14H15ClN2OS2/c1-17(7-10-5-6-19-8-10)13(18)9-20-14-11(15)3-2-4-12(14)16/h2-6,8H,7,9,16H2,1H3. The molecule has 0 saturated heterocycles. The molecule has 0 unspecified atom stereocenters. The van der Waals surface area contributed by atoms with Gasteiger partial charge in [-0.3, -0.25) is 4.79 Å². The van der Waals surface area contributed by atoms with Crippen LogP contribution in [0, 0.1) is 0 Å². The van der Waals surface area contributed by atoms with E-state index in [9.17, 15) is 4.79 Å².